The first-order chi connectivity index (χ1) is 13.8. The number of imidazole rings is 1. The molecule has 0 radical (unpaired) electrons. The molecule has 1 aliphatic rings. The molecule has 1 N–H and O–H groups in total. The summed E-state index contributed by atoms with van der Waals surface area (Å²) in [4.78, 5) is 20.9. The van der Waals surface area contributed by atoms with E-state index in [1.165, 1.54) is 17.8 Å². The Hall–Kier alpha value is -3.17. The van der Waals surface area contributed by atoms with E-state index in [1.54, 1.807) is 31.5 Å². The Morgan fingerprint density at radius 2 is 2.03 bits per heavy atom. The van der Waals surface area contributed by atoms with Gasteiger partial charge in [-0.05, 0) is 43.4 Å². The number of rotatable bonds is 5. The lowest BCUT2D eigenvalue weighted by Crippen LogP contribution is -2.47. The van der Waals surface area contributed by atoms with Gasteiger partial charge in [0.25, 0.3) is 5.91 Å². The van der Waals surface area contributed by atoms with Crippen LogP contribution in [0.4, 0.5) is 13.2 Å². The second kappa shape index (κ2) is 7.02. The maximum absolute atomic E-state index is 13.3. The third kappa shape index (κ3) is 3.74. The maximum atomic E-state index is 13.3. The van der Waals surface area contributed by atoms with Crippen LogP contribution in [0.15, 0.2) is 30.7 Å². The van der Waals surface area contributed by atoms with Gasteiger partial charge in [-0.1, -0.05) is 0 Å². The Morgan fingerprint density at radius 1 is 1.28 bits per heavy atom. The molecule has 0 bridgehead atoms. The van der Waals surface area contributed by atoms with E-state index < -0.39 is 24.0 Å². The number of halogens is 3. The normalized spacial score (nSPS) is 15.3. The van der Waals surface area contributed by atoms with Gasteiger partial charge in [-0.15, -0.1) is 0 Å². The van der Waals surface area contributed by atoms with Crippen LogP contribution in [0.2, 0.25) is 0 Å². The summed E-state index contributed by atoms with van der Waals surface area (Å²) in [7, 11) is 1.51. The van der Waals surface area contributed by atoms with E-state index in [0.717, 1.165) is 0 Å². The lowest BCUT2D eigenvalue weighted by molar-refractivity contribution is -0.158. The van der Waals surface area contributed by atoms with Gasteiger partial charge < -0.3 is 10.1 Å². The van der Waals surface area contributed by atoms with Crippen LogP contribution >= 0.6 is 0 Å². The first-order valence-electron chi connectivity index (χ1n) is 9.00. The molecule has 10 heteroatoms. The van der Waals surface area contributed by atoms with Crippen LogP contribution in [0.25, 0.3) is 16.9 Å². The topological polar surface area (TPSA) is 81.4 Å². The highest BCUT2D eigenvalue weighted by atomic mass is 19.4. The predicted molar refractivity (Wildman–Crippen MR) is 97.5 cm³/mol. The van der Waals surface area contributed by atoms with Gasteiger partial charge in [0.05, 0.1) is 25.2 Å². The number of aryl methyl sites for hydroxylation is 1. The highest BCUT2D eigenvalue weighted by Crippen LogP contribution is 2.40. The molecule has 4 rings (SSSR count). The highest BCUT2D eigenvalue weighted by Gasteiger charge is 2.49. The fraction of sp³-hybridized carbons (Fsp3) is 0.368. The summed E-state index contributed by atoms with van der Waals surface area (Å²) >= 11 is 0. The number of amides is 1. The summed E-state index contributed by atoms with van der Waals surface area (Å²) in [5.41, 5.74) is 2.18. The van der Waals surface area contributed by atoms with Crippen LogP contribution in [0.3, 0.4) is 0 Å². The van der Waals surface area contributed by atoms with E-state index >= 15 is 0 Å². The van der Waals surface area contributed by atoms with E-state index in [-0.39, 0.29) is 5.69 Å². The molecule has 3 heterocycles. The monoisotopic (exact) mass is 405 g/mol. The fourth-order valence-electron chi connectivity index (χ4n) is 3.20. The highest BCUT2D eigenvalue weighted by molar-refractivity contribution is 5.93. The van der Waals surface area contributed by atoms with Crippen LogP contribution < -0.4 is 10.1 Å². The Labute approximate surface area is 163 Å². The fourth-order valence-corrected chi connectivity index (χ4v) is 3.20. The smallest absolute Gasteiger partial charge is 0.408 e. The summed E-state index contributed by atoms with van der Waals surface area (Å²) < 4.78 is 46.3. The average molecular weight is 405 g/mol. The van der Waals surface area contributed by atoms with Crippen molar-refractivity contribution < 1.29 is 22.7 Å². The van der Waals surface area contributed by atoms with Gasteiger partial charge in [0.2, 0.25) is 0 Å². The number of aromatic nitrogens is 4. The van der Waals surface area contributed by atoms with Crippen LogP contribution in [0.1, 0.15) is 28.9 Å². The molecule has 3 aromatic heterocycles. The summed E-state index contributed by atoms with van der Waals surface area (Å²) in [6, 6.07) is 1.63. The third-order valence-corrected chi connectivity index (χ3v) is 4.86. The molecule has 152 valence electrons. The molecule has 0 aromatic carbocycles. The number of ether oxygens (including phenoxy) is 1. The second-order valence-corrected chi connectivity index (χ2v) is 7.04. The number of carbonyl (C=O) groups is 1. The van der Waals surface area contributed by atoms with Gasteiger partial charge in [0.15, 0.2) is 11.3 Å². The molecule has 1 aliphatic carbocycles. The molecular formula is C19H18F3N5O2. The summed E-state index contributed by atoms with van der Waals surface area (Å²) in [5, 5.41) is 6.52. The SMILES string of the molecule is COc1cncc(-c2cc(C)c3ncc(C(=O)N[C@H](C4CC4)C(F)(F)F)n3n2)c1. The minimum atomic E-state index is -4.50. The zero-order valence-corrected chi connectivity index (χ0v) is 15.7. The number of fused-ring (bicyclic) bond motifs is 1. The molecule has 7 nitrogen and oxygen atoms in total. The van der Waals surface area contributed by atoms with Crippen molar-refractivity contribution in [2.75, 3.05) is 7.11 Å². The van der Waals surface area contributed by atoms with Gasteiger partial charge in [-0.3, -0.25) is 9.78 Å². The maximum Gasteiger partial charge on any atom is 0.408 e. The Balaban J connectivity index is 1.72. The summed E-state index contributed by atoms with van der Waals surface area (Å²) in [6.07, 6.45) is 0.750. The van der Waals surface area contributed by atoms with Crippen molar-refractivity contribution in [3.8, 4) is 17.0 Å². The number of carbonyl (C=O) groups excluding carboxylic acids is 1. The molecule has 1 saturated carbocycles. The van der Waals surface area contributed by atoms with Crippen LogP contribution in [-0.4, -0.2) is 44.8 Å². The van der Waals surface area contributed by atoms with Gasteiger partial charge in [0, 0.05) is 11.8 Å². The quantitative estimate of drug-likeness (QED) is 0.705. The molecule has 1 atom stereocenters. The molecule has 0 aliphatic heterocycles. The van der Waals surface area contributed by atoms with Gasteiger partial charge >= 0.3 is 6.18 Å². The molecule has 29 heavy (non-hydrogen) atoms. The third-order valence-electron chi connectivity index (χ3n) is 4.86. The summed E-state index contributed by atoms with van der Waals surface area (Å²) in [5.74, 6) is -0.908. The zero-order valence-electron chi connectivity index (χ0n) is 15.7. The van der Waals surface area contributed by atoms with Crippen LogP contribution in [-0.2, 0) is 0 Å². The lowest BCUT2D eigenvalue weighted by Gasteiger charge is -2.21. The molecule has 0 spiro atoms. The van der Waals surface area contributed by atoms with Crippen LogP contribution in [0.5, 0.6) is 5.75 Å². The number of alkyl halides is 3. The molecule has 0 saturated heterocycles. The van der Waals surface area contributed by atoms with Crippen molar-refractivity contribution in [1.82, 2.24) is 24.9 Å². The Bertz CT molecular complexity index is 1080. The van der Waals surface area contributed by atoms with E-state index in [9.17, 15) is 18.0 Å². The number of nitrogens with zero attached hydrogens (tertiary/aromatic N) is 4. The molecular weight excluding hydrogens is 387 g/mol. The molecule has 3 aromatic rings. The lowest BCUT2D eigenvalue weighted by atomic mass is 10.1. The summed E-state index contributed by atoms with van der Waals surface area (Å²) in [6.45, 7) is 1.78. The first-order valence-corrected chi connectivity index (χ1v) is 9.00. The van der Waals surface area contributed by atoms with E-state index in [1.807, 2.05) is 0 Å². The molecule has 1 amide bonds. The Morgan fingerprint density at radius 3 is 2.69 bits per heavy atom. The van der Waals surface area contributed by atoms with Gasteiger partial charge in [-0.25, -0.2) is 9.50 Å². The number of nitrogens with one attached hydrogen (secondary N) is 1. The van der Waals surface area contributed by atoms with Crippen molar-refractivity contribution in [1.29, 1.82) is 0 Å². The van der Waals surface area contributed by atoms with Crippen LogP contribution in [0, 0.1) is 12.8 Å². The van der Waals surface area contributed by atoms with Crippen molar-refractivity contribution in [3.05, 3.63) is 42.0 Å². The predicted octanol–water partition coefficient (Wildman–Crippen LogP) is 3.18. The number of methoxy groups -OCH3 is 1. The zero-order chi connectivity index (χ0) is 20.8. The van der Waals surface area contributed by atoms with Crippen molar-refractivity contribution in [2.24, 2.45) is 5.92 Å². The number of pyridine rings is 1. The minimum Gasteiger partial charge on any atom is -0.495 e. The van der Waals surface area contributed by atoms with Crippen molar-refractivity contribution in [3.63, 3.8) is 0 Å². The average Bonchev–Trinajstić information content (AvgIpc) is 3.42. The molecule has 0 unspecified atom stereocenters. The van der Waals surface area contributed by atoms with Crippen molar-refractivity contribution in [2.45, 2.75) is 32.0 Å². The van der Waals surface area contributed by atoms with Gasteiger partial charge in [-0.2, -0.15) is 18.3 Å². The van der Waals surface area contributed by atoms with Gasteiger partial charge in [0.1, 0.15) is 11.8 Å². The number of hydrogen-bond donors (Lipinski definition) is 1. The standard InChI is InChI=1S/C19H18F3N5O2/c1-10-5-14(12-6-13(29-2)8-23-7-12)26-27-15(9-24-17(10)27)18(28)25-16(11-3-4-11)19(20,21)22/h5-9,11,16H,3-4H2,1-2H3,(H,25,28)/t16-/m1/s1. The largest absolute Gasteiger partial charge is 0.495 e. The van der Waals surface area contributed by atoms with E-state index in [0.29, 0.717) is 41.1 Å². The minimum absolute atomic E-state index is 0.0595. The molecule has 1 fully saturated rings. The Kier molecular flexibility index (Phi) is 4.64. The van der Waals surface area contributed by atoms with Crippen molar-refractivity contribution >= 4 is 11.6 Å². The number of hydrogen-bond acceptors (Lipinski definition) is 5. The van der Waals surface area contributed by atoms with E-state index in [2.05, 4.69) is 20.4 Å². The first kappa shape index (κ1) is 19.2. The van der Waals surface area contributed by atoms with E-state index in [4.69, 9.17) is 4.74 Å². The second-order valence-electron chi connectivity index (χ2n) is 7.04.